The number of aryl methyl sites for hydroxylation is 1. The summed E-state index contributed by atoms with van der Waals surface area (Å²) in [4.78, 5) is 27.4. The predicted octanol–water partition coefficient (Wildman–Crippen LogP) is 3.51. The summed E-state index contributed by atoms with van der Waals surface area (Å²) in [6.07, 6.45) is 1.41. The first-order valence-electron chi connectivity index (χ1n) is 8.21. The molecule has 0 radical (unpaired) electrons. The van der Waals surface area contributed by atoms with Crippen LogP contribution in [0.2, 0.25) is 0 Å². The summed E-state index contributed by atoms with van der Waals surface area (Å²) in [6, 6.07) is 6.50. The van der Waals surface area contributed by atoms with Gasteiger partial charge in [-0.2, -0.15) is 0 Å². The van der Waals surface area contributed by atoms with Crippen molar-refractivity contribution in [3.8, 4) is 0 Å². The summed E-state index contributed by atoms with van der Waals surface area (Å²) in [6.45, 7) is 5.25. The number of Topliss-reactive ketones (excluding diaryl/α,β-unsaturated/α-hetero) is 1. The Morgan fingerprint density at radius 1 is 1.38 bits per heavy atom. The molecule has 126 valence electrons. The van der Waals surface area contributed by atoms with Crippen LogP contribution in [-0.2, 0) is 6.42 Å². The van der Waals surface area contributed by atoms with E-state index in [0.29, 0.717) is 17.7 Å². The average Bonchev–Trinajstić information content (AvgIpc) is 3.20. The van der Waals surface area contributed by atoms with Gasteiger partial charge >= 0.3 is 0 Å². The lowest BCUT2D eigenvalue weighted by atomic mass is 10.0. The second-order valence-corrected chi connectivity index (χ2v) is 6.37. The lowest BCUT2D eigenvalue weighted by Gasteiger charge is -2.06. The van der Waals surface area contributed by atoms with Gasteiger partial charge in [-0.25, -0.2) is 4.39 Å². The van der Waals surface area contributed by atoms with E-state index in [1.807, 2.05) is 13.0 Å². The summed E-state index contributed by atoms with van der Waals surface area (Å²) in [5.41, 5.74) is 3.47. The summed E-state index contributed by atoms with van der Waals surface area (Å²) < 4.78 is 13.3. The Balaban J connectivity index is 1.75. The van der Waals surface area contributed by atoms with Crippen LogP contribution in [-0.4, -0.2) is 22.7 Å². The number of hydrogen-bond acceptors (Lipinski definition) is 2. The molecule has 0 saturated heterocycles. The third-order valence-electron chi connectivity index (χ3n) is 4.61. The van der Waals surface area contributed by atoms with E-state index in [0.717, 1.165) is 23.2 Å². The Morgan fingerprint density at radius 2 is 2.12 bits per heavy atom. The molecule has 0 unspecified atom stereocenters. The minimum absolute atomic E-state index is 0.00777. The topological polar surface area (TPSA) is 62.0 Å². The number of H-pyrrole nitrogens is 1. The number of carbonyl (C=O) groups is 2. The number of carbonyl (C=O) groups excluding carboxylic acids is 2. The van der Waals surface area contributed by atoms with E-state index in [-0.39, 0.29) is 29.5 Å². The number of nitrogens with one attached hydrogen (secondary N) is 2. The molecule has 2 N–H and O–H groups in total. The van der Waals surface area contributed by atoms with Crippen LogP contribution in [0.15, 0.2) is 24.3 Å². The van der Waals surface area contributed by atoms with Gasteiger partial charge in [0.05, 0.1) is 0 Å². The van der Waals surface area contributed by atoms with Crippen LogP contribution in [0.25, 0.3) is 0 Å². The van der Waals surface area contributed by atoms with E-state index in [1.54, 1.807) is 13.0 Å². The highest BCUT2D eigenvalue weighted by Gasteiger charge is 2.40. The summed E-state index contributed by atoms with van der Waals surface area (Å²) in [5.74, 6) is -0.350. The predicted molar refractivity (Wildman–Crippen MR) is 89.9 cm³/mol. The molecule has 1 aliphatic carbocycles. The van der Waals surface area contributed by atoms with Gasteiger partial charge in [0.25, 0.3) is 5.91 Å². The van der Waals surface area contributed by atoms with Gasteiger partial charge in [-0.1, -0.05) is 19.1 Å². The molecule has 1 saturated carbocycles. The normalized spacial score (nSPS) is 19.2. The second-order valence-electron chi connectivity index (χ2n) is 6.37. The van der Waals surface area contributed by atoms with Gasteiger partial charge in [-0.15, -0.1) is 0 Å². The number of aromatic nitrogens is 1. The molecular weight excluding hydrogens is 307 g/mol. The zero-order valence-corrected chi connectivity index (χ0v) is 14.1. The third kappa shape index (κ3) is 2.98. The van der Waals surface area contributed by atoms with Crippen LogP contribution >= 0.6 is 0 Å². The number of benzene rings is 1. The van der Waals surface area contributed by atoms with Crippen molar-refractivity contribution in [3.63, 3.8) is 0 Å². The summed E-state index contributed by atoms with van der Waals surface area (Å²) >= 11 is 0. The highest BCUT2D eigenvalue weighted by molar-refractivity contribution is 6.02. The molecule has 1 fully saturated rings. The fourth-order valence-electron chi connectivity index (χ4n) is 3.40. The molecule has 4 nitrogen and oxygen atoms in total. The van der Waals surface area contributed by atoms with Crippen molar-refractivity contribution < 1.29 is 14.0 Å². The quantitative estimate of drug-likeness (QED) is 0.825. The summed E-state index contributed by atoms with van der Waals surface area (Å²) in [5, 5.41) is 2.99. The maximum atomic E-state index is 13.3. The summed E-state index contributed by atoms with van der Waals surface area (Å²) in [7, 11) is 0. The lowest BCUT2D eigenvalue weighted by Crippen LogP contribution is -2.27. The van der Waals surface area contributed by atoms with E-state index >= 15 is 0 Å². The Kier molecular flexibility index (Phi) is 4.26. The van der Waals surface area contributed by atoms with Crippen molar-refractivity contribution in [3.05, 3.63) is 58.2 Å². The molecule has 2 atom stereocenters. The number of halogens is 1. The van der Waals surface area contributed by atoms with E-state index < -0.39 is 0 Å². The highest BCUT2D eigenvalue weighted by atomic mass is 19.1. The molecule has 1 amide bonds. The standard InChI is InChI=1S/C19H21FN2O2/c1-4-14-17(11(3)23)10(2)21-18(14)19(24)22-16-9-15(16)12-6-5-7-13(20)8-12/h5-8,15-16,21H,4,9H2,1-3H3,(H,22,24)/t15-,16+/m1/s1. The Hall–Kier alpha value is -2.43. The molecule has 0 aliphatic heterocycles. The number of amides is 1. The molecule has 24 heavy (non-hydrogen) atoms. The molecule has 5 heteroatoms. The van der Waals surface area contributed by atoms with Gasteiger partial charge < -0.3 is 10.3 Å². The number of aromatic amines is 1. The van der Waals surface area contributed by atoms with Crippen molar-refractivity contribution in [1.82, 2.24) is 10.3 Å². The Labute approximate surface area is 140 Å². The average molecular weight is 328 g/mol. The van der Waals surface area contributed by atoms with Crippen LogP contribution in [0.4, 0.5) is 4.39 Å². The van der Waals surface area contributed by atoms with Crippen LogP contribution < -0.4 is 5.32 Å². The second kappa shape index (κ2) is 6.23. The molecular formula is C19H21FN2O2. The van der Waals surface area contributed by atoms with Crippen molar-refractivity contribution in [2.75, 3.05) is 0 Å². The molecule has 2 aromatic rings. The van der Waals surface area contributed by atoms with Gasteiger partial charge in [-0.3, -0.25) is 9.59 Å². The lowest BCUT2D eigenvalue weighted by molar-refractivity contribution is 0.0944. The first-order valence-corrected chi connectivity index (χ1v) is 8.21. The first kappa shape index (κ1) is 16.4. The number of ketones is 1. The SMILES string of the molecule is CCc1c(C(=O)N[C@H]2C[C@@H]2c2cccc(F)c2)[nH]c(C)c1C(C)=O. The van der Waals surface area contributed by atoms with E-state index in [2.05, 4.69) is 10.3 Å². The van der Waals surface area contributed by atoms with Gasteiger partial charge in [0, 0.05) is 23.2 Å². The third-order valence-corrected chi connectivity index (χ3v) is 4.61. The molecule has 1 aromatic heterocycles. The van der Waals surface area contributed by atoms with Crippen LogP contribution in [0.3, 0.4) is 0 Å². The van der Waals surface area contributed by atoms with Crippen molar-refractivity contribution in [2.24, 2.45) is 0 Å². The number of hydrogen-bond donors (Lipinski definition) is 2. The van der Waals surface area contributed by atoms with Gasteiger partial charge in [-0.05, 0) is 49.9 Å². The van der Waals surface area contributed by atoms with Gasteiger partial charge in [0.15, 0.2) is 5.78 Å². The minimum atomic E-state index is -0.260. The van der Waals surface area contributed by atoms with E-state index in [1.165, 1.54) is 19.1 Å². The maximum Gasteiger partial charge on any atom is 0.268 e. The molecule has 1 aliphatic rings. The monoisotopic (exact) mass is 328 g/mol. The molecule has 1 aromatic carbocycles. The van der Waals surface area contributed by atoms with E-state index in [4.69, 9.17) is 0 Å². The molecule has 1 heterocycles. The largest absolute Gasteiger partial charge is 0.354 e. The molecule has 3 rings (SSSR count). The van der Waals surface area contributed by atoms with Crippen LogP contribution in [0, 0.1) is 12.7 Å². The zero-order chi connectivity index (χ0) is 17.4. The van der Waals surface area contributed by atoms with Crippen LogP contribution in [0.1, 0.15) is 63.9 Å². The molecule has 0 bridgehead atoms. The zero-order valence-electron chi connectivity index (χ0n) is 14.1. The Morgan fingerprint density at radius 3 is 2.75 bits per heavy atom. The smallest absolute Gasteiger partial charge is 0.268 e. The first-order chi connectivity index (χ1) is 11.4. The Bertz CT molecular complexity index is 810. The minimum Gasteiger partial charge on any atom is -0.354 e. The number of rotatable bonds is 5. The van der Waals surface area contributed by atoms with E-state index in [9.17, 15) is 14.0 Å². The van der Waals surface area contributed by atoms with Crippen molar-refractivity contribution >= 4 is 11.7 Å². The van der Waals surface area contributed by atoms with Gasteiger partial charge in [0.1, 0.15) is 11.5 Å². The fourth-order valence-corrected chi connectivity index (χ4v) is 3.40. The highest BCUT2D eigenvalue weighted by Crippen LogP contribution is 2.41. The fraction of sp³-hybridized carbons (Fsp3) is 0.368. The van der Waals surface area contributed by atoms with Crippen LogP contribution in [0.5, 0.6) is 0 Å². The molecule has 0 spiro atoms. The van der Waals surface area contributed by atoms with Crippen molar-refractivity contribution in [2.45, 2.75) is 45.6 Å². The van der Waals surface area contributed by atoms with Crippen molar-refractivity contribution in [1.29, 1.82) is 0 Å². The van der Waals surface area contributed by atoms with Gasteiger partial charge in [0.2, 0.25) is 0 Å². The maximum absolute atomic E-state index is 13.3.